The van der Waals surface area contributed by atoms with Gasteiger partial charge in [0.2, 0.25) is 11.3 Å². The molecule has 2 heterocycles. The SMILES string of the molecule is Cc1ccc(NC(=O)c2cn(CC(=O)NC3CCCC3)c3nc(C)ccc3c2=O)cc1. The second-order valence-corrected chi connectivity index (χ2v) is 8.19. The van der Waals surface area contributed by atoms with Gasteiger partial charge in [0.1, 0.15) is 17.8 Å². The van der Waals surface area contributed by atoms with Crippen LogP contribution >= 0.6 is 0 Å². The van der Waals surface area contributed by atoms with E-state index in [1.807, 2.05) is 26.0 Å². The van der Waals surface area contributed by atoms with E-state index in [0.717, 1.165) is 36.9 Å². The topological polar surface area (TPSA) is 93.1 Å². The minimum absolute atomic E-state index is 0.00541. The molecular formula is C24H26N4O3. The smallest absolute Gasteiger partial charge is 0.261 e. The fraction of sp³-hybridized carbons (Fsp3) is 0.333. The molecule has 160 valence electrons. The van der Waals surface area contributed by atoms with Crippen LogP contribution in [0.3, 0.4) is 0 Å². The van der Waals surface area contributed by atoms with E-state index in [-0.39, 0.29) is 24.1 Å². The van der Waals surface area contributed by atoms with Crippen LogP contribution < -0.4 is 16.1 Å². The van der Waals surface area contributed by atoms with Crippen LogP contribution in [-0.4, -0.2) is 27.4 Å². The maximum Gasteiger partial charge on any atom is 0.261 e. The van der Waals surface area contributed by atoms with Crippen LogP contribution in [0.1, 0.15) is 47.3 Å². The van der Waals surface area contributed by atoms with E-state index >= 15 is 0 Å². The lowest BCUT2D eigenvalue weighted by molar-refractivity contribution is -0.122. The van der Waals surface area contributed by atoms with Crippen LogP contribution in [0.15, 0.2) is 47.4 Å². The van der Waals surface area contributed by atoms with Gasteiger partial charge in [-0.05, 0) is 51.0 Å². The molecule has 0 atom stereocenters. The van der Waals surface area contributed by atoms with Gasteiger partial charge in [0.05, 0.1) is 5.39 Å². The third-order valence-electron chi connectivity index (χ3n) is 5.65. The van der Waals surface area contributed by atoms with Crippen molar-refractivity contribution in [2.75, 3.05) is 5.32 Å². The number of carbonyl (C=O) groups excluding carboxylic acids is 2. The lowest BCUT2D eigenvalue weighted by Gasteiger charge is -2.16. The molecule has 1 saturated carbocycles. The highest BCUT2D eigenvalue weighted by molar-refractivity contribution is 6.05. The normalized spacial score (nSPS) is 14.0. The number of amides is 2. The Morgan fingerprint density at radius 2 is 1.77 bits per heavy atom. The maximum absolute atomic E-state index is 13.0. The molecule has 1 aromatic carbocycles. The molecule has 0 spiro atoms. The third-order valence-corrected chi connectivity index (χ3v) is 5.65. The van der Waals surface area contributed by atoms with Gasteiger partial charge >= 0.3 is 0 Å². The summed E-state index contributed by atoms with van der Waals surface area (Å²) in [5.41, 5.74) is 2.38. The number of fused-ring (bicyclic) bond motifs is 1. The van der Waals surface area contributed by atoms with Gasteiger partial charge in [0, 0.05) is 23.6 Å². The van der Waals surface area contributed by atoms with Gasteiger partial charge in [0.25, 0.3) is 5.91 Å². The quantitative estimate of drug-likeness (QED) is 0.665. The van der Waals surface area contributed by atoms with Crippen molar-refractivity contribution in [3.8, 4) is 0 Å². The molecule has 7 nitrogen and oxygen atoms in total. The number of benzene rings is 1. The van der Waals surface area contributed by atoms with Gasteiger partial charge < -0.3 is 15.2 Å². The van der Waals surface area contributed by atoms with Crippen molar-refractivity contribution in [3.05, 3.63) is 69.6 Å². The Hall–Kier alpha value is -3.48. The highest BCUT2D eigenvalue weighted by atomic mass is 16.2. The fourth-order valence-corrected chi connectivity index (χ4v) is 3.98. The van der Waals surface area contributed by atoms with Gasteiger partial charge in [-0.15, -0.1) is 0 Å². The first-order valence-corrected chi connectivity index (χ1v) is 10.6. The van der Waals surface area contributed by atoms with Gasteiger partial charge in [-0.1, -0.05) is 30.5 Å². The summed E-state index contributed by atoms with van der Waals surface area (Å²) in [6.07, 6.45) is 5.65. The second-order valence-electron chi connectivity index (χ2n) is 8.19. The number of nitrogens with one attached hydrogen (secondary N) is 2. The molecule has 1 aliphatic rings. The highest BCUT2D eigenvalue weighted by Gasteiger charge is 2.20. The summed E-state index contributed by atoms with van der Waals surface area (Å²) in [7, 11) is 0. The summed E-state index contributed by atoms with van der Waals surface area (Å²) < 4.78 is 1.60. The van der Waals surface area contributed by atoms with Crippen molar-refractivity contribution in [1.29, 1.82) is 0 Å². The molecule has 0 aliphatic heterocycles. The molecule has 2 N–H and O–H groups in total. The zero-order valence-corrected chi connectivity index (χ0v) is 17.8. The standard InChI is InChI=1S/C24H26N4O3/c1-15-7-10-18(11-8-15)27-24(31)20-13-28(14-21(29)26-17-5-3-4-6-17)23-19(22(20)30)12-9-16(2)25-23/h7-13,17H,3-6,14H2,1-2H3,(H,26,29)(H,27,31). The first kappa shape index (κ1) is 20.8. The molecule has 4 rings (SSSR count). The number of pyridine rings is 2. The lowest BCUT2D eigenvalue weighted by Crippen LogP contribution is -2.36. The predicted molar refractivity (Wildman–Crippen MR) is 120 cm³/mol. The number of rotatable bonds is 5. The van der Waals surface area contributed by atoms with Crippen molar-refractivity contribution in [1.82, 2.24) is 14.9 Å². The molecular weight excluding hydrogens is 392 g/mol. The monoisotopic (exact) mass is 418 g/mol. The Bertz CT molecular complexity index is 1190. The highest BCUT2D eigenvalue weighted by Crippen LogP contribution is 2.18. The van der Waals surface area contributed by atoms with Gasteiger partial charge in [-0.3, -0.25) is 14.4 Å². The zero-order chi connectivity index (χ0) is 22.0. The van der Waals surface area contributed by atoms with E-state index < -0.39 is 11.3 Å². The van der Waals surface area contributed by atoms with Crippen molar-refractivity contribution < 1.29 is 9.59 Å². The Balaban J connectivity index is 1.68. The molecule has 0 bridgehead atoms. The van der Waals surface area contributed by atoms with E-state index in [0.29, 0.717) is 16.7 Å². The number of aromatic nitrogens is 2. The number of hydrogen-bond donors (Lipinski definition) is 2. The molecule has 0 unspecified atom stereocenters. The first-order chi connectivity index (χ1) is 14.9. The van der Waals surface area contributed by atoms with E-state index in [9.17, 15) is 14.4 Å². The van der Waals surface area contributed by atoms with Crippen LogP contribution in [0.25, 0.3) is 11.0 Å². The van der Waals surface area contributed by atoms with E-state index in [1.54, 1.807) is 28.8 Å². The van der Waals surface area contributed by atoms with Crippen molar-refractivity contribution >= 4 is 28.5 Å². The summed E-state index contributed by atoms with van der Waals surface area (Å²) in [5.74, 6) is -0.661. The molecule has 31 heavy (non-hydrogen) atoms. The number of nitrogens with zero attached hydrogens (tertiary/aromatic N) is 2. The van der Waals surface area contributed by atoms with Crippen LogP contribution in [-0.2, 0) is 11.3 Å². The fourth-order valence-electron chi connectivity index (χ4n) is 3.98. The lowest BCUT2D eigenvalue weighted by atomic mass is 10.1. The second kappa shape index (κ2) is 8.71. The Labute approximate surface area is 180 Å². The molecule has 0 radical (unpaired) electrons. The minimum Gasteiger partial charge on any atom is -0.352 e. The molecule has 0 saturated heterocycles. The van der Waals surface area contributed by atoms with Gasteiger partial charge in [-0.25, -0.2) is 4.98 Å². The summed E-state index contributed by atoms with van der Waals surface area (Å²) in [6.45, 7) is 3.78. The van der Waals surface area contributed by atoms with Gasteiger partial charge in [-0.2, -0.15) is 0 Å². The van der Waals surface area contributed by atoms with Crippen LogP contribution in [0.5, 0.6) is 0 Å². The van der Waals surface area contributed by atoms with Crippen molar-refractivity contribution in [2.45, 2.75) is 52.1 Å². The van der Waals surface area contributed by atoms with E-state index in [2.05, 4.69) is 15.6 Å². The molecule has 1 aliphatic carbocycles. The summed E-state index contributed by atoms with van der Waals surface area (Å²) in [5, 5.41) is 6.13. The minimum atomic E-state index is -0.513. The number of carbonyl (C=O) groups is 2. The average molecular weight is 418 g/mol. The predicted octanol–water partition coefficient (Wildman–Crippen LogP) is 3.32. The van der Waals surface area contributed by atoms with E-state index in [4.69, 9.17) is 0 Å². The van der Waals surface area contributed by atoms with Crippen LogP contribution in [0.2, 0.25) is 0 Å². The molecule has 3 aromatic rings. The third kappa shape index (κ3) is 4.66. The zero-order valence-electron chi connectivity index (χ0n) is 17.8. The Kier molecular flexibility index (Phi) is 5.84. The number of aryl methyl sites for hydroxylation is 2. The molecule has 1 fully saturated rings. The van der Waals surface area contributed by atoms with Crippen LogP contribution in [0, 0.1) is 13.8 Å². The largest absolute Gasteiger partial charge is 0.352 e. The number of hydrogen-bond acceptors (Lipinski definition) is 4. The maximum atomic E-state index is 13.0. The average Bonchev–Trinajstić information content (AvgIpc) is 3.24. The van der Waals surface area contributed by atoms with E-state index in [1.165, 1.54) is 6.20 Å². The molecule has 7 heteroatoms. The first-order valence-electron chi connectivity index (χ1n) is 10.6. The van der Waals surface area contributed by atoms with Crippen molar-refractivity contribution in [2.24, 2.45) is 0 Å². The number of anilines is 1. The summed E-state index contributed by atoms with van der Waals surface area (Å²) in [4.78, 5) is 43.0. The molecule has 2 aromatic heterocycles. The molecule has 2 amide bonds. The Morgan fingerprint density at radius 1 is 1.06 bits per heavy atom. The Morgan fingerprint density at radius 3 is 2.48 bits per heavy atom. The van der Waals surface area contributed by atoms with Gasteiger partial charge in [0.15, 0.2) is 0 Å². The van der Waals surface area contributed by atoms with Crippen LogP contribution in [0.4, 0.5) is 5.69 Å². The summed E-state index contributed by atoms with van der Waals surface area (Å²) in [6, 6.07) is 10.9. The van der Waals surface area contributed by atoms with Crippen molar-refractivity contribution in [3.63, 3.8) is 0 Å². The summed E-state index contributed by atoms with van der Waals surface area (Å²) >= 11 is 0.